The van der Waals surface area contributed by atoms with E-state index in [2.05, 4.69) is 10.0 Å². The lowest BCUT2D eigenvalue weighted by Gasteiger charge is -2.17. The largest absolute Gasteiger partial charge is 0.495 e. The monoisotopic (exact) mass is 442 g/mol. The van der Waals surface area contributed by atoms with Crippen molar-refractivity contribution >= 4 is 27.3 Å². The van der Waals surface area contributed by atoms with Gasteiger partial charge in [0.1, 0.15) is 22.1 Å². The predicted molar refractivity (Wildman–Crippen MR) is 118 cm³/mol. The molecule has 0 aromatic heterocycles. The Hall–Kier alpha value is -3.72. The molecule has 0 bridgehead atoms. The molecule has 3 aromatic carbocycles. The average molecular weight is 442 g/mol. The van der Waals surface area contributed by atoms with Gasteiger partial charge in [0.05, 0.1) is 32.7 Å². The third kappa shape index (κ3) is 4.89. The summed E-state index contributed by atoms with van der Waals surface area (Å²) in [6.07, 6.45) is 0. The van der Waals surface area contributed by atoms with E-state index < -0.39 is 10.0 Å². The lowest BCUT2D eigenvalue weighted by atomic mass is 10.2. The molecule has 2 N–H and O–H groups in total. The van der Waals surface area contributed by atoms with Crippen LogP contribution in [0.15, 0.2) is 71.6 Å². The molecule has 0 fully saturated rings. The molecule has 3 rings (SSSR count). The van der Waals surface area contributed by atoms with Crippen LogP contribution in [0.1, 0.15) is 10.4 Å². The number of sulfonamides is 1. The maximum absolute atomic E-state index is 12.9. The Labute approximate surface area is 180 Å². The molecule has 0 aliphatic carbocycles. The number of rotatable bonds is 8. The first-order chi connectivity index (χ1) is 14.9. The lowest BCUT2D eigenvalue weighted by molar-refractivity contribution is 0.102. The molecule has 3 aromatic rings. The molecule has 0 atom stereocenters. The maximum Gasteiger partial charge on any atom is 0.265 e. The van der Waals surface area contributed by atoms with Crippen molar-refractivity contribution in [2.45, 2.75) is 4.90 Å². The summed E-state index contributed by atoms with van der Waals surface area (Å²) in [7, 11) is 0.210. The predicted octanol–water partition coefficient (Wildman–Crippen LogP) is 3.77. The van der Waals surface area contributed by atoms with Crippen molar-refractivity contribution in [2.75, 3.05) is 31.4 Å². The van der Waals surface area contributed by atoms with Crippen LogP contribution in [0.4, 0.5) is 11.4 Å². The Morgan fingerprint density at radius 3 is 1.94 bits per heavy atom. The summed E-state index contributed by atoms with van der Waals surface area (Å²) < 4.78 is 44.2. The van der Waals surface area contributed by atoms with Gasteiger partial charge < -0.3 is 19.5 Å². The highest BCUT2D eigenvalue weighted by atomic mass is 32.2. The highest BCUT2D eigenvalue weighted by Crippen LogP contribution is 2.38. The maximum atomic E-state index is 12.9. The molecule has 0 spiro atoms. The molecule has 0 saturated heterocycles. The fourth-order valence-electron chi connectivity index (χ4n) is 2.90. The van der Waals surface area contributed by atoms with E-state index in [9.17, 15) is 13.2 Å². The summed E-state index contributed by atoms with van der Waals surface area (Å²) in [6.45, 7) is 0. The number of ether oxygens (including phenoxy) is 3. The molecule has 0 radical (unpaired) electrons. The van der Waals surface area contributed by atoms with Gasteiger partial charge in [-0.05, 0) is 24.3 Å². The van der Waals surface area contributed by atoms with E-state index in [1.165, 1.54) is 39.5 Å². The Kier molecular flexibility index (Phi) is 6.66. The first-order valence-corrected chi connectivity index (χ1v) is 10.7. The van der Waals surface area contributed by atoms with Gasteiger partial charge in [-0.15, -0.1) is 0 Å². The van der Waals surface area contributed by atoms with Crippen molar-refractivity contribution in [3.63, 3.8) is 0 Å². The summed E-state index contributed by atoms with van der Waals surface area (Å²) in [5.41, 5.74) is 0.931. The minimum absolute atomic E-state index is 0.0278. The standard InChI is InChI=1S/C22H22N2O6S/c1-28-18-11-7-8-12-21(18)31(26,27)24-17-14-19(29-2)16(13-20(17)30-3)23-22(25)15-9-5-4-6-10-15/h4-14,24H,1-3H3,(H,23,25). The SMILES string of the molecule is COc1cc(NS(=O)(=O)c2ccccc2OC)c(OC)cc1NC(=O)c1ccccc1. The van der Waals surface area contributed by atoms with E-state index >= 15 is 0 Å². The van der Waals surface area contributed by atoms with Crippen molar-refractivity contribution < 1.29 is 27.4 Å². The topological polar surface area (TPSA) is 103 Å². The third-order valence-electron chi connectivity index (χ3n) is 4.41. The van der Waals surface area contributed by atoms with Gasteiger partial charge in [-0.3, -0.25) is 9.52 Å². The Morgan fingerprint density at radius 1 is 0.742 bits per heavy atom. The van der Waals surface area contributed by atoms with Crippen molar-refractivity contribution in [2.24, 2.45) is 0 Å². The fourth-order valence-corrected chi connectivity index (χ4v) is 4.13. The molecule has 0 aliphatic heterocycles. The van der Waals surface area contributed by atoms with E-state index in [4.69, 9.17) is 14.2 Å². The van der Waals surface area contributed by atoms with Crippen molar-refractivity contribution in [3.05, 3.63) is 72.3 Å². The summed E-state index contributed by atoms with van der Waals surface area (Å²) in [4.78, 5) is 12.5. The van der Waals surface area contributed by atoms with Crippen molar-refractivity contribution in [3.8, 4) is 17.2 Å². The van der Waals surface area contributed by atoms with Crippen LogP contribution in [-0.4, -0.2) is 35.7 Å². The molecule has 8 nitrogen and oxygen atoms in total. The second-order valence-electron chi connectivity index (χ2n) is 6.33. The van der Waals surface area contributed by atoms with Crippen LogP contribution in [0.3, 0.4) is 0 Å². The molecule has 0 unspecified atom stereocenters. The number of carbonyl (C=O) groups is 1. The summed E-state index contributed by atoms with van der Waals surface area (Å²) in [5.74, 6) is 0.307. The second-order valence-corrected chi connectivity index (χ2v) is 7.98. The van der Waals surface area contributed by atoms with Crippen LogP contribution >= 0.6 is 0 Å². The molecule has 0 aliphatic rings. The summed E-state index contributed by atoms with van der Waals surface area (Å²) in [5, 5.41) is 2.75. The van der Waals surface area contributed by atoms with Gasteiger partial charge in [0.2, 0.25) is 0 Å². The minimum atomic E-state index is -3.99. The highest BCUT2D eigenvalue weighted by Gasteiger charge is 2.22. The summed E-state index contributed by atoms with van der Waals surface area (Å²) >= 11 is 0. The van der Waals surface area contributed by atoms with Gasteiger partial charge in [-0.25, -0.2) is 8.42 Å². The number of amides is 1. The van der Waals surface area contributed by atoms with Gasteiger partial charge in [-0.1, -0.05) is 30.3 Å². The molecule has 31 heavy (non-hydrogen) atoms. The van der Waals surface area contributed by atoms with Crippen LogP contribution in [-0.2, 0) is 10.0 Å². The zero-order valence-electron chi connectivity index (χ0n) is 17.2. The van der Waals surface area contributed by atoms with Crippen molar-refractivity contribution in [1.82, 2.24) is 0 Å². The molecule has 1 amide bonds. The van der Waals surface area contributed by atoms with E-state index in [0.717, 1.165) is 0 Å². The quantitative estimate of drug-likeness (QED) is 0.551. The zero-order chi connectivity index (χ0) is 22.4. The Morgan fingerprint density at radius 2 is 1.29 bits per heavy atom. The van der Waals surface area contributed by atoms with Crippen LogP contribution in [0, 0.1) is 0 Å². The van der Waals surface area contributed by atoms with Crippen LogP contribution in [0.5, 0.6) is 17.2 Å². The van der Waals surface area contributed by atoms with Gasteiger partial charge in [0.15, 0.2) is 0 Å². The van der Waals surface area contributed by atoms with Crippen LogP contribution in [0.2, 0.25) is 0 Å². The van der Waals surface area contributed by atoms with Gasteiger partial charge in [0, 0.05) is 17.7 Å². The second kappa shape index (κ2) is 9.40. The molecular weight excluding hydrogens is 420 g/mol. The van der Waals surface area contributed by atoms with Crippen LogP contribution in [0.25, 0.3) is 0 Å². The molecular formula is C22H22N2O6S. The first-order valence-electron chi connectivity index (χ1n) is 9.18. The average Bonchev–Trinajstić information content (AvgIpc) is 2.79. The third-order valence-corrected chi connectivity index (χ3v) is 5.81. The van der Waals surface area contributed by atoms with Crippen molar-refractivity contribution in [1.29, 1.82) is 0 Å². The Balaban J connectivity index is 1.96. The highest BCUT2D eigenvalue weighted by molar-refractivity contribution is 7.92. The number of anilines is 2. The number of hydrogen-bond donors (Lipinski definition) is 2. The van der Waals surface area contributed by atoms with E-state index in [0.29, 0.717) is 11.3 Å². The Bertz CT molecular complexity index is 1180. The molecule has 0 heterocycles. The molecule has 9 heteroatoms. The van der Waals surface area contributed by atoms with E-state index in [1.807, 2.05) is 6.07 Å². The van der Waals surface area contributed by atoms with E-state index in [-0.39, 0.29) is 33.7 Å². The first kappa shape index (κ1) is 22.0. The summed E-state index contributed by atoms with van der Waals surface area (Å²) in [6, 6.07) is 17.8. The smallest absolute Gasteiger partial charge is 0.265 e. The van der Waals surface area contributed by atoms with E-state index in [1.54, 1.807) is 42.5 Å². The number of para-hydroxylation sites is 1. The van der Waals surface area contributed by atoms with Gasteiger partial charge in [0.25, 0.3) is 15.9 Å². The fraction of sp³-hybridized carbons (Fsp3) is 0.136. The minimum Gasteiger partial charge on any atom is -0.495 e. The van der Waals surface area contributed by atoms with Gasteiger partial charge in [-0.2, -0.15) is 0 Å². The molecule has 0 saturated carbocycles. The number of benzene rings is 3. The number of hydrogen-bond acceptors (Lipinski definition) is 6. The normalized spacial score (nSPS) is 10.8. The molecule has 162 valence electrons. The van der Waals surface area contributed by atoms with Crippen LogP contribution < -0.4 is 24.2 Å². The number of nitrogens with one attached hydrogen (secondary N) is 2. The van der Waals surface area contributed by atoms with Gasteiger partial charge >= 0.3 is 0 Å². The number of carbonyl (C=O) groups excluding carboxylic acids is 1. The number of methoxy groups -OCH3 is 3. The zero-order valence-corrected chi connectivity index (χ0v) is 18.0. The lowest BCUT2D eigenvalue weighted by Crippen LogP contribution is -2.16.